The molecule has 1 aliphatic rings. The average Bonchev–Trinajstić information content (AvgIpc) is 3.07. The van der Waals surface area contributed by atoms with Gasteiger partial charge in [-0.25, -0.2) is 0 Å². The summed E-state index contributed by atoms with van der Waals surface area (Å²) in [5, 5.41) is 11.5. The lowest BCUT2D eigenvalue weighted by Crippen LogP contribution is -2.32. The molecule has 1 N–H and O–H groups in total. The Balaban J connectivity index is 1.77. The van der Waals surface area contributed by atoms with Gasteiger partial charge in [-0.3, -0.25) is 4.79 Å². The van der Waals surface area contributed by atoms with Crippen molar-refractivity contribution in [2.24, 2.45) is 0 Å². The third kappa shape index (κ3) is 3.62. The predicted octanol–water partition coefficient (Wildman–Crippen LogP) is 3.48. The Bertz CT molecular complexity index is 697. The number of carbonyl (C=O) groups is 1. The highest BCUT2D eigenvalue weighted by atomic mass is 35.5. The fraction of sp³-hybridized carbons (Fsp3) is 0.353. The number of hydrogen-bond acceptors (Lipinski definition) is 4. The van der Waals surface area contributed by atoms with E-state index in [9.17, 15) is 4.79 Å². The topological polar surface area (TPSA) is 64.1 Å². The smallest absolute Gasteiger partial charge is 0.253 e. The Hall–Kier alpha value is -2.14. The summed E-state index contributed by atoms with van der Waals surface area (Å²) in [6, 6.07) is 9.10. The molecule has 23 heavy (non-hydrogen) atoms. The molecule has 1 saturated carbocycles. The van der Waals surface area contributed by atoms with Crippen LogP contribution in [0.25, 0.3) is 11.3 Å². The number of methoxy groups -OCH3 is 1. The van der Waals surface area contributed by atoms with Crippen LogP contribution in [0.2, 0.25) is 5.02 Å². The van der Waals surface area contributed by atoms with Crippen LogP contribution in [-0.4, -0.2) is 29.3 Å². The van der Waals surface area contributed by atoms with Crippen LogP contribution in [0.15, 0.2) is 30.3 Å². The summed E-state index contributed by atoms with van der Waals surface area (Å²) < 4.78 is 4.99. The molecule has 0 saturated heterocycles. The van der Waals surface area contributed by atoms with Crippen molar-refractivity contribution in [3.8, 4) is 17.1 Å². The maximum atomic E-state index is 12.3. The number of rotatable bonds is 4. The van der Waals surface area contributed by atoms with Crippen LogP contribution in [0.5, 0.6) is 5.88 Å². The van der Waals surface area contributed by atoms with E-state index in [4.69, 9.17) is 16.3 Å². The van der Waals surface area contributed by atoms with Gasteiger partial charge in [-0.05, 0) is 31.0 Å². The van der Waals surface area contributed by atoms with Crippen molar-refractivity contribution in [1.82, 2.24) is 15.5 Å². The Morgan fingerprint density at radius 2 is 2.00 bits per heavy atom. The molecule has 1 aromatic carbocycles. The predicted molar refractivity (Wildman–Crippen MR) is 88.8 cm³/mol. The average molecular weight is 332 g/mol. The van der Waals surface area contributed by atoms with Gasteiger partial charge < -0.3 is 10.1 Å². The molecule has 5 nitrogen and oxygen atoms in total. The number of aromatic nitrogens is 2. The number of amides is 1. The molecule has 0 atom stereocenters. The highest BCUT2D eigenvalue weighted by molar-refractivity contribution is 6.34. The normalized spacial score (nSPS) is 14.7. The molecule has 1 fully saturated rings. The third-order valence-corrected chi connectivity index (χ3v) is 4.36. The molecular weight excluding hydrogens is 314 g/mol. The second-order valence-electron chi connectivity index (χ2n) is 5.61. The van der Waals surface area contributed by atoms with Crippen molar-refractivity contribution >= 4 is 17.5 Å². The van der Waals surface area contributed by atoms with Gasteiger partial charge in [0.2, 0.25) is 5.88 Å². The first kappa shape index (κ1) is 15.7. The van der Waals surface area contributed by atoms with Crippen LogP contribution >= 0.6 is 11.6 Å². The lowest BCUT2D eigenvalue weighted by Gasteiger charge is -2.13. The molecule has 6 heteroatoms. The second kappa shape index (κ2) is 6.96. The van der Waals surface area contributed by atoms with Gasteiger partial charge in [0.15, 0.2) is 0 Å². The fourth-order valence-electron chi connectivity index (χ4n) is 2.77. The highest BCUT2D eigenvalue weighted by Gasteiger charge is 2.19. The summed E-state index contributed by atoms with van der Waals surface area (Å²) in [6.07, 6.45) is 4.44. The standard InChI is InChI=1S/C17H18ClN3O2/c1-23-16-9-8-15(20-21-16)11-6-7-13(14(18)10-11)17(22)19-12-4-2-3-5-12/h6-10,12H,2-5H2,1H3,(H,19,22). The number of nitrogens with zero attached hydrogens (tertiary/aromatic N) is 2. The first-order chi connectivity index (χ1) is 11.2. The van der Waals surface area contributed by atoms with Gasteiger partial charge in [-0.1, -0.05) is 30.5 Å². The lowest BCUT2D eigenvalue weighted by molar-refractivity contribution is 0.0938. The molecule has 120 valence electrons. The molecule has 0 radical (unpaired) electrons. The van der Waals surface area contributed by atoms with E-state index in [-0.39, 0.29) is 11.9 Å². The van der Waals surface area contributed by atoms with E-state index in [0.717, 1.165) is 18.4 Å². The Kier molecular flexibility index (Phi) is 4.76. The minimum Gasteiger partial charge on any atom is -0.480 e. The summed E-state index contributed by atoms with van der Waals surface area (Å²) in [5.41, 5.74) is 1.97. The van der Waals surface area contributed by atoms with Gasteiger partial charge in [0.05, 0.1) is 23.4 Å². The Morgan fingerprint density at radius 1 is 1.22 bits per heavy atom. The van der Waals surface area contributed by atoms with Crippen molar-refractivity contribution in [3.63, 3.8) is 0 Å². The van der Waals surface area contributed by atoms with Gasteiger partial charge in [0.25, 0.3) is 5.91 Å². The van der Waals surface area contributed by atoms with Crippen LogP contribution in [-0.2, 0) is 0 Å². The van der Waals surface area contributed by atoms with E-state index >= 15 is 0 Å². The maximum Gasteiger partial charge on any atom is 0.253 e. The van der Waals surface area contributed by atoms with E-state index in [1.54, 1.807) is 24.3 Å². The van der Waals surface area contributed by atoms with Crippen LogP contribution in [0.4, 0.5) is 0 Å². The number of ether oxygens (including phenoxy) is 1. The van der Waals surface area contributed by atoms with Crippen molar-refractivity contribution in [1.29, 1.82) is 0 Å². The van der Waals surface area contributed by atoms with Gasteiger partial charge in [-0.2, -0.15) is 0 Å². The van der Waals surface area contributed by atoms with Crippen molar-refractivity contribution in [2.75, 3.05) is 7.11 Å². The van der Waals surface area contributed by atoms with Gasteiger partial charge in [-0.15, -0.1) is 10.2 Å². The van der Waals surface area contributed by atoms with Crippen LogP contribution in [0.1, 0.15) is 36.0 Å². The van der Waals surface area contributed by atoms with E-state index in [1.165, 1.54) is 20.0 Å². The first-order valence-corrected chi connectivity index (χ1v) is 8.03. The molecule has 0 spiro atoms. The highest BCUT2D eigenvalue weighted by Crippen LogP contribution is 2.25. The van der Waals surface area contributed by atoms with Crippen LogP contribution in [0.3, 0.4) is 0 Å². The van der Waals surface area contributed by atoms with Gasteiger partial charge in [0.1, 0.15) is 0 Å². The zero-order valence-electron chi connectivity index (χ0n) is 12.9. The number of halogens is 1. The molecule has 0 bridgehead atoms. The zero-order valence-corrected chi connectivity index (χ0v) is 13.6. The first-order valence-electron chi connectivity index (χ1n) is 7.66. The maximum absolute atomic E-state index is 12.3. The third-order valence-electron chi connectivity index (χ3n) is 4.05. The molecule has 2 aromatic rings. The molecule has 1 aliphatic carbocycles. The number of nitrogens with one attached hydrogen (secondary N) is 1. The molecular formula is C17H18ClN3O2. The molecule has 0 aliphatic heterocycles. The van der Waals surface area contributed by atoms with Gasteiger partial charge in [0, 0.05) is 17.7 Å². The van der Waals surface area contributed by atoms with Crippen molar-refractivity contribution in [3.05, 3.63) is 40.9 Å². The van der Waals surface area contributed by atoms with Crippen LogP contribution < -0.4 is 10.1 Å². The number of hydrogen-bond donors (Lipinski definition) is 1. The Labute approximate surface area is 140 Å². The summed E-state index contributed by atoms with van der Waals surface area (Å²) >= 11 is 6.28. The molecule has 1 amide bonds. The Morgan fingerprint density at radius 3 is 2.61 bits per heavy atom. The lowest BCUT2D eigenvalue weighted by atomic mass is 10.1. The summed E-state index contributed by atoms with van der Waals surface area (Å²) in [7, 11) is 1.54. The van der Waals surface area contributed by atoms with Crippen molar-refractivity contribution < 1.29 is 9.53 Å². The summed E-state index contributed by atoms with van der Waals surface area (Å²) in [5.74, 6) is 0.335. The SMILES string of the molecule is COc1ccc(-c2ccc(C(=O)NC3CCCC3)c(Cl)c2)nn1. The van der Waals surface area contributed by atoms with E-state index in [2.05, 4.69) is 15.5 Å². The minimum atomic E-state index is -0.116. The molecule has 1 heterocycles. The van der Waals surface area contributed by atoms with Gasteiger partial charge >= 0.3 is 0 Å². The summed E-state index contributed by atoms with van der Waals surface area (Å²) in [4.78, 5) is 12.3. The fourth-order valence-corrected chi connectivity index (χ4v) is 3.04. The molecule has 0 unspecified atom stereocenters. The minimum absolute atomic E-state index is 0.116. The van der Waals surface area contributed by atoms with Crippen molar-refractivity contribution in [2.45, 2.75) is 31.7 Å². The molecule has 3 rings (SSSR count). The number of carbonyl (C=O) groups excluding carboxylic acids is 1. The second-order valence-corrected chi connectivity index (χ2v) is 6.02. The monoisotopic (exact) mass is 331 g/mol. The quantitative estimate of drug-likeness (QED) is 0.931. The molecule has 1 aromatic heterocycles. The van der Waals surface area contributed by atoms with E-state index in [0.29, 0.717) is 22.2 Å². The summed E-state index contributed by atoms with van der Waals surface area (Å²) in [6.45, 7) is 0. The van der Waals surface area contributed by atoms with Crippen LogP contribution in [0, 0.1) is 0 Å². The van der Waals surface area contributed by atoms with E-state index in [1.807, 2.05) is 6.07 Å². The largest absolute Gasteiger partial charge is 0.480 e. The number of benzene rings is 1. The van der Waals surface area contributed by atoms with E-state index < -0.39 is 0 Å². The zero-order chi connectivity index (χ0) is 16.2.